The van der Waals surface area contributed by atoms with E-state index in [4.69, 9.17) is 5.73 Å². The van der Waals surface area contributed by atoms with Crippen molar-refractivity contribution in [2.45, 2.75) is 38.5 Å². The van der Waals surface area contributed by atoms with Gasteiger partial charge in [-0.15, -0.1) is 0 Å². The van der Waals surface area contributed by atoms with Gasteiger partial charge in [0.1, 0.15) is 12.1 Å². The predicted molar refractivity (Wildman–Crippen MR) is 72.4 cm³/mol. The Balaban J connectivity index is 1.65. The Morgan fingerprint density at radius 3 is 2.94 bits per heavy atom. The fraction of sp³-hybridized carbons (Fsp3) is 0.714. The lowest BCUT2D eigenvalue weighted by atomic mass is 9.96. The molecule has 0 aliphatic heterocycles. The van der Waals surface area contributed by atoms with Crippen molar-refractivity contribution in [2.75, 3.05) is 18.4 Å². The smallest absolute Gasteiger partial charge is 0.132 e. The molecule has 0 radical (unpaired) electrons. The Kier molecular flexibility index (Phi) is 3.46. The van der Waals surface area contributed by atoms with E-state index in [-0.39, 0.29) is 0 Å². The first-order valence-electron chi connectivity index (χ1n) is 7.15. The van der Waals surface area contributed by atoms with Crippen LogP contribution in [0.15, 0.2) is 6.33 Å². The van der Waals surface area contributed by atoms with Gasteiger partial charge in [0.2, 0.25) is 0 Å². The molecule has 0 aromatic carbocycles. The quantitative estimate of drug-likeness (QED) is 0.849. The summed E-state index contributed by atoms with van der Waals surface area (Å²) in [6.07, 6.45) is 9.09. The average Bonchev–Trinajstić information content (AvgIpc) is 3.04. The van der Waals surface area contributed by atoms with Crippen LogP contribution in [0.25, 0.3) is 0 Å². The van der Waals surface area contributed by atoms with Crippen molar-refractivity contribution in [3.8, 4) is 0 Å². The van der Waals surface area contributed by atoms with E-state index in [1.54, 1.807) is 6.33 Å². The van der Waals surface area contributed by atoms with Gasteiger partial charge in [-0.2, -0.15) is 0 Å². The molecule has 0 amide bonds. The van der Waals surface area contributed by atoms with Crippen molar-refractivity contribution < 1.29 is 0 Å². The second kappa shape index (κ2) is 5.22. The van der Waals surface area contributed by atoms with Crippen LogP contribution in [-0.4, -0.2) is 23.1 Å². The highest BCUT2D eigenvalue weighted by Crippen LogP contribution is 2.32. The van der Waals surface area contributed by atoms with Gasteiger partial charge in [-0.1, -0.05) is 6.42 Å². The number of nitrogens with zero attached hydrogens (tertiary/aromatic N) is 2. The Morgan fingerprint density at radius 1 is 1.17 bits per heavy atom. The van der Waals surface area contributed by atoms with Crippen molar-refractivity contribution in [2.24, 2.45) is 17.6 Å². The van der Waals surface area contributed by atoms with Crippen molar-refractivity contribution >= 4 is 5.82 Å². The summed E-state index contributed by atoms with van der Waals surface area (Å²) in [7, 11) is 0. The van der Waals surface area contributed by atoms with Gasteiger partial charge in [0.15, 0.2) is 0 Å². The van der Waals surface area contributed by atoms with Crippen LogP contribution >= 0.6 is 0 Å². The first-order valence-corrected chi connectivity index (χ1v) is 7.15. The maximum atomic E-state index is 5.83. The van der Waals surface area contributed by atoms with E-state index < -0.39 is 0 Å². The highest BCUT2D eigenvalue weighted by molar-refractivity contribution is 5.47. The van der Waals surface area contributed by atoms with Gasteiger partial charge in [0.05, 0.1) is 0 Å². The second-order valence-electron chi connectivity index (χ2n) is 5.57. The van der Waals surface area contributed by atoms with Crippen molar-refractivity contribution in [1.82, 2.24) is 9.97 Å². The number of rotatable bonds is 4. The van der Waals surface area contributed by atoms with Crippen molar-refractivity contribution in [3.05, 3.63) is 17.6 Å². The summed E-state index contributed by atoms with van der Waals surface area (Å²) in [5, 5.41) is 3.54. The largest absolute Gasteiger partial charge is 0.369 e. The summed E-state index contributed by atoms with van der Waals surface area (Å²) in [4.78, 5) is 8.77. The highest BCUT2D eigenvalue weighted by atomic mass is 15.0. The minimum absolute atomic E-state index is 0.701. The third kappa shape index (κ3) is 2.21. The average molecular weight is 246 g/mol. The van der Waals surface area contributed by atoms with Gasteiger partial charge < -0.3 is 11.1 Å². The lowest BCUT2D eigenvalue weighted by Gasteiger charge is -2.19. The molecule has 1 saturated carbocycles. The molecule has 98 valence electrons. The lowest BCUT2D eigenvalue weighted by molar-refractivity contribution is 0.414. The number of fused-ring (bicyclic) bond motifs is 1. The standard InChI is InChI=1S/C14H22N4/c15-7-10-3-1-4-11(10)8-16-14-12-5-2-6-13(12)17-9-18-14/h9-11H,1-8,15H2,(H,16,17,18). The molecule has 0 saturated heterocycles. The molecule has 0 spiro atoms. The first-order chi connectivity index (χ1) is 8.88. The number of anilines is 1. The lowest BCUT2D eigenvalue weighted by Crippen LogP contribution is -2.25. The van der Waals surface area contributed by atoms with Crippen LogP contribution in [0.3, 0.4) is 0 Å². The molecule has 1 aromatic rings. The predicted octanol–water partition coefficient (Wildman–Crippen LogP) is 1.75. The molecule has 1 fully saturated rings. The van der Waals surface area contributed by atoms with Crippen LogP contribution in [0, 0.1) is 11.8 Å². The van der Waals surface area contributed by atoms with Gasteiger partial charge in [-0.05, 0) is 50.5 Å². The Labute approximate surface area is 108 Å². The fourth-order valence-electron chi connectivity index (χ4n) is 3.43. The number of hydrogen-bond acceptors (Lipinski definition) is 4. The van der Waals surface area contributed by atoms with Gasteiger partial charge in [0.25, 0.3) is 0 Å². The summed E-state index contributed by atoms with van der Waals surface area (Å²) < 4.78 is 0. The molecule has 3 rings (SSSR count). The minimum atomic E-state index is 0.701. The van der Waals surface area contributed by atoms with E-state index in [9.17, 15) is 0 Å². The van der Waals surface area contributed by atoms with Gasteiger partial charge in [-0.3, -0.25) is 0 Å². The second-order valence-corrected chi connectivity index (χ2v) is 5.57. The molecule has 2 aliphatic carbocycles. The SMILES string of the molecule is NCC1CCCC1CNc1ncnc2c1CCC2. The minimum Gasteiger partial charge on any atom is -0.369 e. The van der Waals surface area contributed by atoms with Crippen molar-refractivity contribution in [1.29, 1.82) is 0 Å². The summed E-state index contributed by atoms with van der Waals surface area (Å²) in [6.45, 7) is 1.85. The number of nitrogens with two attached hydrogens (primary N) is 1. The number of hydrogen-bond donors (Lipinski definition) is 2. The maximum Gasteiger partial charge on any atom is 0.132 e. The Hall–Kier alpha value is -1.16. The molecule has 1 aromatic heterocycles. The maximum absolute atomic E-state index is 5.83. The fourth-order valence-corrected chi connectivity index (χ4v) is 3.43. The first kappa shape index (κ1) is 11.9. The molecule has 3 N–H and O–H groups in total. The zero-order chi connectivity index (χ0) is 12.4. The van der Waals surface area contributed by atoms with E-state index in [1.165, 1.54) is 36.9 Å². The third-order valence-electron chi connectivity index (χ3n) is 4.53. The van der Waals surface area contributed by atoms with Gasteiger partial charge in [0, 0.05) is 17.8 Å². The van der Waals surface area contributed by atoms with Crippen LogP contribution in [0.4, 0.5) is 5.82 Å². The van der Waals surface area contributed by atoms with Crippen LogP contribution in [0.5, 0.6) is 0 Å². The molecule has 1 heterocycles. The molecule has 18 heavy (non-hydrogen) atoms. The van der Waals surface area contributed by atoms with Gasteiger partial charge in [-0.25, -0.2) is 9.97 Å². The van der Waals surface area contributed by atoms with Crippen molar-refractivity contribution in [3.63, 3.8) is 0 Å². The molecule has 0 bridgehead atoms. The zero-order valence-corrected chi connectivity index (χ0v) is 10.9. The van der Waals surface area contributed by atoms with E-state index in [0.717, 1.165) is 37.7 Å². The third-order valence-corrected chi connectivity index (χ3v) is 4.53. The zero-order valence-electron chi connectivity index (χ0n) is 10.9. The number of nitrogens with one attached hydrogen (secondary N) is 1. The monoisotopic (exact) mass is 246 g/mol. The molecule has 4 nitrogen and oxygen atoms in total. The van der Waals surface area contributed by atoms with E-state index >= 15 is 0 Å². The normalized spacial score (nSPS) is 26.3. The van der Waals surface area contributed by atoms with Crippen LogP contribution in [-0.2, 0) is 12.8 Å². The van der Waals surface area contributed by atoms with Crippen LogP contribution in [0.1, 0.15) is 36.9 Å². The number of aromatic nitrogens is 2. The van der Waals surface area contributed by atoms with Gasteiger partial charge >= 0.3 is 0 Å². The van der Waals surface area contributed by atoms with Crippen LogP contribution < -0.4 is 11.1 Å². The van der Waals surface area contributed by atoms with E-state index in [1.807, 2.05) is 0 Å². The molecule has 2 atom stereocenters. The summed E-state index contributed by atoms with van der Waals surface area (Å²) in [5.41, 5.74) is 8.42. The highest BCUT2D eigenvalue weighted by Gasteiger charge is 2.26. The Bertz CT molecular complexity index is 418. The summed E-state index contributed by atoms with van der Waals surface area (Å²) in [6, 6.07) is 0. The summed E-state index contributed by atoms with van der Waals surface area (Å²) in [5.74, 6) is 2.49. The molecular weight excluding hydrogens is 224 g/mol. The topological polar surface area (TPSA) is 63.8 Å². The number of aryl methyl sites for hydroxylation is 1. The summed E-state index contributed by atoms with van der Waals surface area (Å²) >= 11 is 0. The van der Waals surface area contributed by atoms with E-state index in [0.29, 0.717) is 5.92 Å². The Morgan fingerprint density at radius 2 is 2.06 bits per heavy atom. The van der Waals surface area contributed by atoms with E-state index in [2.05, 4.69) is 15.3 Å². The molecule has 2 unspecified atom stereocenters. The van der Waals surface area contributed by atoms with Crippen LogP contribution in [0.2, 0.25) is 0 Å². The molecule has 4 heteroatoms. The molecular formula is C14H22N4. The molecule has 2 aliphatic rings.